The Morgan fingerprint density at radius 3 is 2.56 bits per heavy atom. The van der Waals surface area contributed by atoms with Crippen molar-refractivity contribution in [2.24, 2.45) is 0 Å². The van der Waals surface area contributed by atoms with E-state index in [1.54, 1.807) is 0 Å². The first-order valence-electron chi connectivity index (χ1n) is 4.71. The van der Waals surface area contributed by atoms with Crippen molar-refractivity contribution >= 4 is 21.8 Å². The molecule has 0 aliphatic carbocycles. The molecule has 1 aromatic rings. The zero-order chi connectivity index (χ0) is 12.0. The van der Waals surface area contributed by atoms with Gasteiger partial charge in [0.1, 0.15) is 0 Å². The van der Waals surface area contributed by atoms with E-state index in [1.807, 2.05) is 24.3 Å². The smallest absolute Gasteiger partial charge is 0.291 e. The van der Waals surface area contributed by atoms with Crippen LogP contribution in [0.5, 0.6) is 0 Å². The molecule has 0 unspecified atom stereocenters. The third-order valence-electron chi connectivity index (χ3n) is 1.92. The van der Waals surface area contributed by atoms with Gasteiger partial charge < -0.3 is 5.32 Å². The Labute approximate surface area is 101 Å². The normalized spacial score (nSPS) is 9.81. The molecule has 0 radical (unpaired) electrons. The van der Waals surface area contributed by atoms with E-state index in [0.717, 1.165) is 10.0 Å². The Morgan fingerprint density at radius 1 is 1.38 bits per heavy atom. The fraction of sp³-hybridized carbons (Fsp3) is 0.300. The first kappa shape index (κ1) is 12.6. The summed E-state index contributed by atoms with van der Waals surface area (Å²) in [6.07, 6.45) is 0.663. The zero-order valence-electron chi connectivity index (χ0n) is 8.48. The summed E-state index contributed by atoms with van der Waals surface area (Å²) in [6.45, 7) is -0.255. The monoisotopic (exact) mass is 286 g/mol. The van der Waals surface area contributed by atoms with Crippen molar-refractivity contribution in [3.63, 3.8) is 0 Å². The lowest BCUT2D eigenvalue weighted by atomic mass is 10.1. The predicted molar refractivity (Wildman–Crippen MR) is 62.7 cm³/mol. The molecule has 0 saturated heterocycles. The van der Waals surface area contributed by atoms with Crippen molar-refractivity contribution in [3.05, 3.63) is 44.4 Å². The van der Waals surface area contributed by atoms with E-state index in [-0.39, 0.29) is 0 Å². The van der Waals surface area contributed by atoms with Crippen molar-refractivity contribution in [2.75, 3.05) is 13.1 Å². The molecule has 0 heterocycles. The van der Waals surface area contributed by atoms with Crippen LogP contribution in [0.2, 0.25) is 0 Å². The van der Waals surface area contributed by atoms with E-state index in [4.69, 9.17) is 0 Å². The van der Waals surface area contributed by atoms with Gasteiger partial charge in [-0.1, -0.05) is 28.1 Å². The molecule has 0 spiro atoms. The van der Waals surface area contributed by atoms with Crippen molar-refractivity contribution in [1.29, 1.82) is 0 Å². The highest BCUT2D eigenvalue weighted by Gasteiger charge is 2.07. The lowest BCUT2D eigenvalue weighted by Gasteiger charge is -2.02. The molecule has 0 aromatic heterocycles. The number of carbonyl (C=O) groups is 1. The lowest BCUT2D eigenvalue weighted by molar-refractivity contribution is -0.467. The molecule has 1 amide bonds. The number of benzene rings is 1. The average molecular weight is 287 g/mol. The van der Waals surface area contributed by atoms with Gasteiger partial charge in [-0.3, -0.25) is 14.9 Å². The molecule has 16 heavy (non-hydrogen) atoms. The molecule has 0 atom stereocenters. The molecule has 1 N–H and O–H groups in total. The van der Waals surface area contributed by atoms with E-state index in [2.05, 4.69) is 21.2 Å². The Kier molecular flexibility index (Phi) is 4.91. The molecule has 5 nitrogen and oxygen atoms in total. The zero-order valence-corrected chi connectivity index (χ0v) is 10.1. The Hall–Kier alpha value is -1.43. The topological polar surface area (TPSA) is 72.2 Å². The molecule has 1 rings (SSSR count). The number of rotatable bonds is 5. The van der Waals surface area contributed by atoms with Crippen LogP contribution >= 0.6 is 15.9 Å². The molecular weight excluding hydrogens is 276 g/mol. The molecule has 1 aromatic carbocycles. The van der Waals surface area contributed by atoms with Crippen LogP contribution in [0.25, 0.3) is 0 Å². The SMILES string of the molecule is O=C(C[N+](=O)[O-])NCCc1ccc(Br)cc1. The Morgan fingerprint density at radius 2 is 2.00 bits per heavy atom. The number of nitrogens with zero attached hydrogens (tertiary/aromatic N) is 1. The third kappa shape index (κ3) is 4.88. The maximum absolute atomic E-state index is 10.9. The van der Waals surface area contributed by atoms with Crippen molar-refractivity contribution in [3.8, 4) is 0 Å². The van der Waals surface area contributed by atoms with Crippen LogP contribution < -0.4 is 5.32 Å². The van der Waals surface area contributed by atoms with Crippen LogP contribution in [-0.2, 0) is 11.2 Å². The molecule has 0 aliphatic heterocycles. The largest absolute Gasteiger partial charge is 0.350 e. The molecule has 0 fully saturated rings. The van der Waals surface area contributed by atoms with Gasteiger partial charge in [0.05, 0.1) is 0 Å². The summed E-state index contributed by atoms with van der Waals surface area (Å²) in [6, 6.07) is 7.69. The van der Waals surface area contributed by atoms with Gasteiger partial charge in [-0.25, -0.2) is 0 Å². The van der Waals surface area contributed by atoms with Crippen LogP contribution in [0, 0.1) is 10.1 Å². The lowest BCUT2D eigenvalue weighted by Crippen LogP contribution is -2.31. The molecule has 0 saturated carbocycles. The quantitative estimate of drug-likeness (QED) is 0.657. The minimum absolute atomic E-state index is 0.411. The number of halogens is 1. The van der Waals surface area contributed by atoms with Gasteiger partial charge in [0.2, 0.25) is 0 Å². The number of amides is 1. The summed E-state index contributed by atoms with van der Waals surface area (Å²) in [5.74, 6) is -0.554. The van der Waals surface area contributed by atoms with Crippen molar-refractivity contribution in [2.45, 2.75) is 6.42 Å². The molecule has 0 bridgehead atoms. The van der Waals surface area contributed by atoms with Crippen LogP contribution in [0.4, 0.5) is 0 Å². The van der Waals surface area contributed by atoms with E-state index in [1.165, 1.54) is 0 Å². The van der Waals surface area contributed by atoms with Crippen molar-refractivity contribution < 1.29 is 9.72 Å². The Bertz CT molecular complexity index is 378. The molecule has 6 heteroatoms. The first-order chi connectivity index (χ1) is 7.58. The summed E-state index contributed by atoms with van der Waals surface area (Å²) in [5, 5.41) is 12.5. The number of nitro groups is 1. The minimum Gasteiger partial charge on any atom is -0.350 e. The molecule has 86 valence electrons. The fourth-order valence-electron chi connectivity index (χ4n) is 1.17. The maximum Gasteiger partial charge on any atom is 0.291 e. The predicted octanol–water partition coefficient (Wildman–Crippen LogP) is 1.38. The van der Waals surface area contributed by atoms with Crippen molar-refractivity contribution in [1.82, 2.24) is 5.32 Å². The summed E-state index contributed by atoms with van der Waals surface area (Å²) >= 11 is 3.32. The van der Waals surface area contributed by atoms with E-state index >= 15 is 0 Å². The van der Waals surface area contributed by atoms with Gasteiger partial charge in [-0.05, 0) is 24.1 Å². The number of hydrogen-bond donors (Lipinski definition) is 1. The highest BCUT2D eigenvalue weighted by molar-refractivity contribution is 9.10. The number of hydrogen-bond acceptors (Lipinski definition) is 3. The maximum atomic E-state index is 10.9. The summed E-state index contributed by atoms with van der Waals surface area (Å²) in [4.78, 5) is 20.3. The second-order valence-electron chi connectivity index (χ2n) is 3.22. The second-order valence-corrected chi connectivity index (χ2v) is 4.13. The van der Waals surface area contributed by atoms with E-state index in [9.17, 15) is 14.9 Å². The van der Waals surface area contributed by atoms with Gasteiger partial charge in [0, 0.05) is 15.9 Å². The Balaban J connectivity index is 2.28. The van der Waals surface area contributed by atoms with Gasteiger partial charge >= 0.3 is 0 Å². The average Bonchev–Trinajstić information content (AvgIpc) is 2.20. The standard InChI is InChI=1S/C10H11BrN2O3/c11-9-3-1-8(2-4-9)5-6-12-10(14)7-13(15)16/h1-4H,5-7H2,(H,12,14). The highest BCUT2D eigenvalue weighted by Crippen LogP contribution is 2.10. The minimum atomic E-state index is -0.666. The number of carbonyl (C=O) groups excluding carboxylic acids is 1. The van der Waals surface area contributed by atoms with Gasteiger partial charge in [-0.2, -0.15) is 0 Å². The van der Waals surface area contributed by atoms with Crippen LogP contribution in [-0.4, -0.2) is 23.9 Å². The van der Waals surface area contributed by atoms with Gasteiger partial charge in [0.15, 0.2) is 0 Å². The fourth-order valence-corrected chi connectivity index (χ4v) is 1.43. The first-order valence-corrected chi connectivity index (χ1v) is 5.50. The van der Waals surface area contributed by atoms with Gasteiger partial charge in [-0.15, -0.1) is 0 Å². The summed E-state index contributed by atoms with van der Waals surface area (Å²) in [7, 11) is 0. The van der Waals surface area contributed by atoms with Crippen LogP contribution in [0.3, 0.4) is 0 Å². The summed E-state index contributed by atoms with van der Waals surface area (Å²) in [5.41, 5.74) is 1.07. The van der Waals surface area contributed by atoms with E-state index < -0.39 is 17.4 Å². The van der Waals surface area contributed by atoms with Crippen LogP contribution in [0.15, 0.2) is 28.7 Å². The molecule has 0 aliphatic rings. The highest BCUT2D eigenvalue weighted by atomic mass is 79.9. The van der Waals surface area contributed by atoms with Gasteiger partial charge in [0.25, 0.3) is 12.5 Å². The number of nitrogens with one attached hydrogen (secondary N) is 1. The third-order valence-corrected chi connectivity index (χ3v) is 2.45. The molecular formula is C10H11BrN2O3. The van der Waals surface area contributed by atoms with Crippen LogP contribution in [0.1, 0.15) is 5.56 Å². The second kappa shape index (κ2) is 6.22. The van der Waals surface area contributed by atoms with E-state index in [0.29, 0.717) is 13.0 Å². The summed E-state index contributed by atoms with van der Waals surface area (Å²) < 4.78 is 0.994.